The third-order valence-corrected chi connectivity index (χ3v) is 5.28. The number of carbonyl (C=O) groups is 1. The fourth-order valence-corrected chi connectivity index (χ4v) is 4.12. The van der Waals surface area contributed by atoms with Crippen LogP contribution < -0.4 is 5.32 Å². The van der Waals surface area contributed by atoms with E-state index in [4.69, 9.17) is 0 Å². The van der Waals surface area contributed by atoms with Crippen molar-refractivity contribution in [2.24, 2.45) is 5.92 Å². The van der Waals surface area contributed by atoms with Crippen molar-refractivity contribution in [2.75, 3.05) is 19.6 Å². The highest BCUT2D eigenvalue weighted by Crippen LogP contribution is 2.44. The number of fused-ring (bicyclic) bond motifs is 3. The Labute approximate surface area is 102 Å². The van der Waals surface area contributed by atoms with Crippen LogP contribution in [0, 0.1) is 5.92 Å². The summed E-state index contributed by atoms with van der Waals surface area (Å²) in [4.78, 5) is 17.2. The van der Waals surface area contributed by atoms with Gasteiger partial charge in [-0.3, -0.25) is 10.1 Å². The molecule has 1 saturated carbocycles. The highest BCUT2D eigenvalue weighted by molar-refractivity contribution is 5.92. The van der Waals surface area contributed by atoms with Gasteiger partial charge in [0.1, 0.15) is 0 Å². The lowest BCUT2D eigenvalue weighted by Gasteiger charge is -2.49. The quantitative estimate of drug-likeness (QED) is 0.714. The average Bonchev–Trinajstić information content (AvgIpc) is 3.06. The lowest BCUT2D eigenvalue weighted by molar-refractivity contribution is -0.137. The second kappa shape index (κ2) is 3.23. The van der Waals surface area contributed by atoms with Crippen LogP contribution in [0.25, 0.3) is 0 Å². The largest absolute Gasteiger partial charge is 0.321 e. The van der Waals surface area contributed by atoms with Gasteiger partial charge in [-0.1, -0.05) is 0 Å². The molecule has 4 nitrogen and oxygen atoms in total. The number of piperidine rings is 3. The standard InChI is InChI=1S/C13H21N3O/c1-9-14-13(4-5-13)12(17)16(9)11-8-15-6-2-10(11)3-7-15/h9-11,14H,2-8H2,1H3. The number of nitrogens with one attached hydrogen (secondary N) is 1. The molecule has 5 fully saturated rings. The first-order valence-electron chi connectivity index (χ1n) is 7.02. The number of amides is 1. The number of carbonyl (C=O) groups excluding carboxylic acids is 1. The summed E-state index contributed by atoms with van der Waals surface area (Å²) in [6, 6.07) is 0.479. The molecule has 94 valence electrons. The van der Waals surface area contributed by atoms with Gasteiger partial charge in [0.15, 0.2) is 0 Å². The monoisotopic (exact) mass is 235 g/mol. The molecule has 1 amide bonds. The van der Waals surface area contributed by atoms with Crippen LogP contribution in [0.1, 0.15) is 32.6 Å². The first kappa shape index (κ1) is 10.3. The van der Waals surface area contributed by atoms with Gasteiger partial charge in [0.25, 0.3) is 0 Å². The van der Waals surface area contributed by atoms with Gasteiger partial charge in [-0.25, -0.2) is 0 Å². The van der Waals surface area contributed by atoms with Gasteiger partial charge >= 0.3 is 0 Å². The number of nitrogens with zero attached hydrogens (tertiary/aromatic N) is 2. The molecule has 0 radical (unpaired) electrons. The molecule has 5 aliphatic rings. The van der Waals surface area contributed by atoms with Crippen LogP contribution in [-0.4, -0.2) is 53.1 Å². The van der Waals surface area contributed by atoms with E-state index in [2.05, 4.69) is 22.0 Å². The lowest BCUT2D eigenvalue weighted by atomic mass is 9.83. The molecule has 4 heterocycles. The van der Waals surface area contributed by atoms with Crippen molar-refractivity contribution in [3.8, 4) is 0 Å². The van der Waals surface area contributed by atoms with Crippen molar-refractivity contribution in [2.45, 2.75) is 50.4 Å². The van der Waals surface area contributed by atoms with E-state index >= 15 is 0 Å². The second-order valence-electron chi connectivity index (χ2n) is 6.32. The third-order valence-electron chi connectivity index (χ3n) is 5.28. The van der Waals surface area contributed by atoms with Gasteiger partial charge in [-0.2, -0.15) is 0 Å². The minimum atomic E-state index is -0.133. The number of hydrogen-bond donors (Lipinski definition) is 1. The lowest BCUT2D eigenvalue weighted by Crippen LogP contribution is -2.59. The van der Waals surface area contributed by atoms with Crippen LogP contribution in [0.15, 0.2) is 0 Å². The number of hydrogen-bond acceptors (Lipinski definition) is 3. The van der Waals surface area contributed by atoms with Crippen molar-refractivity contribution in [3.63, 3.8) is 0 Å². The zero-order valence-electron chi connectivity index (χ0n) is 10.5. The summed E-state index contributed by atoms with van der Waals surface area (Å²) in [7, 11) is 0. The van der Waals surface area contributed by atoms with Gasteiger partial charge in [-0.15, -0.1) is 0 Å². The van der Waals surface area contributed by atoms with Crippen molar-refractivity contribution in [1.82, 2.24) is 15.1 Å². The van der Waals surface area contributed by atoms with Crippen LogP contribution in [0.4, 0.5) is 0 Å². The zero-order chi connectivity index (χ0) is 11.6. The van der Waals surface area contributed by atoms with E-state index in [1.165, 1.54) is 25.9 Å². The Hall–Kier alpha value is -0.610. The Morgan fingerprint density at radius 2 is 2.00 bits per heavy atom. The van der Waals surface area contributed by atoms with Crippen LogP contribution in [0.5, 0.6) is 0 Å². The summed E-state index contributed by atoms with van der Waals surface area (Å²) >= 11 is 0. The molecule has 1 spiro atoms. The van der Waals surface area contributed by atoms with Crippen molar-refractivity contribution >= 4 is 5.91 Å². The Kier molecular flexibility index (Phi) is 1.96. The molecule has 0 aromatic heterocycles. The van der Waals surface area contributed by atoms with Crippen LogP contribution in [0.3, 0.4) is 0 Å². The molecule has 2 unspecified atom stereocenters. The molecular weight excluding hydrogens is 214 g/mol. The molecule has 4 aliphatic heterocycles. The first-order valence-corrected chi connectivity index (χ1v) is 7.02. The van der Waals surface area contributed by atoms with Crippen LogP contribution in [-0.2, 0) is 4.79 Å². The summed E-state index contributed by atoms with van der Waals surface area (Å²) in [5, 5.41) is 3.52. The molecular formula is C13H21N3O. The minimum absolute atomic E-state index is 0.133. The Morgan fingerprint density at radius 1 is 1.29 bits per heavy atom. The van der Waals surface area contributed by atoms with E-state index in [9.17, 15) is 4.79 Å². The molecule has 0 aromatic carbocycles. The van der Waals surface area contributed by atoms with Gasteiger partial charge in [0, 0.05) is 12.6 Å². The predicted molar refractivity (Wildman–Crippen MR) is 64.4 cm³/mol. The summed E-state index contributed by atoms with van der Waals surface area (Å²) < 4.78 is 0. The fraction of sp³-hybridized carbons (Fsp3) is 0.923. The van der Waals surface area contributed by atoms with E-state index in [0.717, 1.165) is 25.3 Å². The Balaban J connectivity index is 1.60. The maximum absolute atomic E-state index is 12.5. The molecule has 4 saturated heterocycles. The SMILES string of the molecule is CC1NC2(CC2)C(=O)N1C1CN2CCC1CC2. The second-order valence-corrected chi connectivity index (χ2v) is 6.32. The summed E-state index contributed by atoms with van der Waals surface area (Å²) in [6.07, 6.45) is 4.92. The third kappa shape index (κ3) is 1.34. The van der Waals surface area contributed by atoms with Crippen molar-refractivity contribution in [3.05, 3.63) is 0 Å². The van der Waals surface area contributed by atoms with E-state index in [1.807, 2.05) is 0 Å². The molecule has 0 aromatic rings. The normalized spacial score (nSPS) is 46.9. The van der Waals surface area contributed by atoms with Crippen molar-refractivity contribution < 1.29 is 4.79 Å². The maximum Gasteiger partial charge on any atom is 0.244 e. The van der Waals surface area contributed by atoms with Gasteiger partial charge in [-0.05, 0) is 51.6 Å². The molecule has 2 atom stereocenters. The molecule has 2 bridgehead atoms. The smallest absolute Gasteiger partial charge is 0.244 e. The van der Waals surface area contributed by atoms with Crippen molar-refractivity contribution in [1.29, 1.82) is 0 Å². The Bertz CT molecular complexity index is 358. The summed E-state index contributed by atoms with van der Waals surface area (Å²) in [5.74, 6) is 1.14. The maximum atomic E-state index is 12.5. The summed E-state index contributed by atoms with van der Waals surface area (Å²) in [6.45, 7) is 5.76. The van der Waals surface area contributed by atoms with Crippen LogP contribution >= 0.6 is 0 Å². The predicted octanol–water partition coefficient (Wildman–Crippen LogP) is 0.391. The number of rotatable bonds is 1. The summed E-state index contributed by atoms with van der Waals surface area (Å²) in [5.41, 5.74) is -0.133. The topological polar surface area (TPSA) is 35.6 Å². The average molecular weight is 235 g/mol. The van der Waals surface area contributed by atoms with E-state index in [0.29, 0.717) is 11.9 Å². The van der Waals surface area contributed by atoms with E-state index < -0.39 is 0 Å². The van der Waals surface area contributed by atoms with Crippen LogP contribution in [0.2, 0.25) is 0 Å². The molecule has 17 heavy (non-hydrogen) atoms. The molecule has 4 heteroatoms. The van der Waals surface area contributed by atoms with E-state index in [1.54, 1.807) is 0 Å². The molecule has 5 rings (SSSR count). The molecule has 1 aliphatic carbocycles. The van der Waals surface area contributed by atoms with Gasteiger partial charge in [0.2, 0.25) is 5.91 Å². The molecule has 1 N–H and O–H groups in total. The van der Waals surface area contributed by atoms with Gasteiger partial charge < -0.3 is 9.80 Å². The van der Waals surface area contributed by atoms with E-state index in [-0.39, 0.29) is 11.7 Å². The highest BCUT2D eigenvalue weighted by atomic mass is 16.2. The zero-order valence-corrected chi connectivity index (χ0v) is 10.5. The Morgan fingerprint density at radius 3 is 2.47 bits per heavy atom. The first-order chi connectivity index (χ1) is 8.20. The van der Waals surface area contributed by atoms with Gasteiger partial charge in [0.05, 0.1) is 11.7 Å². The fourth-order valence-electron chi connectivity index (χ4n) is 4.12. The minimum Gasteiger partial charge on any atom is -0.321 e. The highest BCUT2D eigenvalue weighted by Gasteiger charge is 2.60.